The highest BCUT2D eigenvalue weighted by molar-refractivity contribution is 4.81. The van der Waals surface area contributed by atoms with Gasteiger partial charge in [-0.25, -0.2) is 0 Å². The van der Waals surface area contributed by atoms with Crippen molar-refractivity contribution in [1.29, 1.82) is 0 Å². The fourth-order valence-corrected chi connectivity index (χ4v) is 3.02. The summed E-state index contributed by atoms with van der Waals surface area (Å²) in [6.07, 6.45) is 9.86. The minimum absolute atomic E-state index is 0.147. The van der Waals surface area contributed by atoms with Crippen LogP contribution in [0.5, 0.6) is 0 Å². The molecule has 0 aromatic rings. The van der Waals surface area contributed by atoms with Gasteiger partial charge in [-0.1, -0.05) is 77.6 Å². The van der Waals surface area contributed by atoms with Crippen LogP contribution in [0.25, 0.3) is 0 Å². The monoisotopic (exact) mass is 423 g/mol. The van der Waals surface area contributed by atoms with Crippen molar-refractivity contribution in [3.05, 3.63) is 0 Å². The van der Waals surface area contributed by atoms with Gasteiger partial charge in [0, 0.05) is 13.2 Å². The lowest BCUT2D eigenvalue weighted by Crippen LogP contribution is -2.49. The zero-order chi connectivity index (χ0) is 22.3. The topological polar surface area (TPSA) is 133 Å². The average molecular weight is 424 g/mol. The quantitative estimate of drug-likeness (QED) is 0.157. The molecule has 0 saturated heterocycles. The van der Waals surface area contributed by atoms with Crippen molar-refractivity contribution in [1.82, 2.24) is 5.32 Å². The van der Waals surface area contributed by atoms with Gasteiger partial charge in [-0.3, -0.25) is 0 Å². The Labute approximate surface area is 178 Å². The fourth-order valence-electron chi connectivity index (χ4n) is 3.02. The zero-order valence-electron chi connectivity index (χ0n) is 18.8. The van der Waals surface area contributed by atoms with Crippen LogP contribution in [0.3, 0.4) is 0 Å². The molecule has 0 aliphatic heterocycles. The Morgan fingerprint density at radius 3 is 1.38 bits per heavy atom. The highest BCUT2D eigenvalue weighted by Crippen LogP contribution is 2.11. The van der Waals surface area contributed by atoms with E-state index in [0.717, 1.165) is 19.4 Å². The van der Waals surface area contributed by atoms with Gasteiger partial charge in [0.25, 0.3) is 0 Å². The summed E-state index contributed by atoms with van der Waals surface area (Å²) >= 11 is 0. The Balaban J connectivity index is 0. The molecule has 0 aromatic carbocycles. The Hall–Kier alpha value is -0.280. The Morgan fingerprint density at radius 2 is 0.966 bits per heavy atom. The molecule has 7 N–H and O–H groups in total. The molecule has 7 heteroatoms. The Bertz CT molecular complexity index is 309. The summed E-state index contributed by atoms with van der Waals surface area (Å²) < 4.78 is 0. The van der Waals surface area contributed by atoms with Crippen molar-refractivity contribution in [2.75, 3.05) is 26.3 Å². The molecule has 29 heavy (non-hydrogen) atoms. The number of aliphatic hydroxyl groups is 6. The highest BCUT2D eigenvalue weighted by atomic mass is 16.4. The summed E-state index contributed by atoms with van der Waals surface area (Å²) in [6.45, 7) is 4.42. The van der Waals surface area contributed by atoms with Crippen LogP contribution in [0, 0.1) is 0 Å². The first-order valence-electron chi connectivity index (χ1n) is 11.6. The summed E-state index contributed by atoms with van der Waals surface area (Å²) in [6, 6.07) is 0. The minimum Gasteiger partial charge on any atom is -0.397 e. The van der Waals surface area contributed by atoms with Crippen LogP contribution < -0.4 is 5.32 Å². The van der Waals surface area contributed by atoms with Crippen LogP contribution in [-0.4, -0.2) is 81.4 Å². The molecule has 0 radical (unpaired) electrons. The van der Waals surface area contributed by atoms with Gasteiger partial charge in [-0.15, -0.1) is 0 Å². The van der Waals surface area contributed by atoms with E-state index < -0.39 is 31.0 Å². The van der Waals surface area contributed by atoms with E-state index in [-0.39, 0.29) is 13.2 Å². The molecule has 0 bridgehead atoms. The summed E-state index contributed by atoms with van der Waals surface area (Å²) in [4.78, 5) is 0. The van der Waals surface area contributed by atoms with Gasteiger partial charge in [0.2, 0.25) is 0 Å². The molecule has 0 saturated carbocycles. The van der Waals surface area contributed by atoms with Gasteiger partial charge in [0.05, 0.1) is 12.7 Å². The van der Waals surface area contributed by atoms with E-state index >= 15 is 0 Å². The standard InChI is InChI=1S/C20H43NO5.C2H6O/c1-2-3-4-5-6-7-8-9-10-11-12-13-14-21-15-17(23)19(25)20(26)18(24)16-22;1-2-3/h17-26H,2-16H2,1H3;3H,2H2,1H3. The van der Waals surface area contributed by atoms with E-state index in [1.807, 2.05) is 0 Å². The van der Waals surface area contributed by atoms with Crippen molar-refractivity contribution in [2.45, 2.75) is 115 Å². The van der Waals surface area contributed by atoms with E-state index in [2.05, 4.69) is 12.2 Å². The molecule has 0 heterocycles. The van der Waals surface area contributed by atoms with Gasteiger partial charge in [0.1, 0.15) is 18.3 Å². The van der Waals surface area contributed by atoms with E-state index in [0.29, 0.717) is 0 Å². The fraction of sp³-hybridized carbons (Fsp3) is 1.00. The lowest BCUT2D eigenvalue weighted by atomic mass is 10.0. The molecule has 4 atom stereocenters. The van der Waals surface area contributed by atoms with Gasteiger partial charge >= 0.3 is 0 Å². The average Bonchev–Trinajstić information content (AvgIpc) is 2.72. The van der Waals surface area contributed by atoms with Gasteiger partial charge in [-0.05, 0) is 19.9 Å². The van der Waals surface area contributed by atoms with Gasteiger partial charge < -0.3 is 36.0 Å². The highest BCUT2D eigenvalue weighted by Gasteiger charge is 2.29. The van der Waals surface area contributed by atoms with Crippen LogP contribution in [0.1, 0.15) is 90.9 Å². The van der Waals surface area contributed by atoms with Crippen LogP contribution in [0.15, 0.2) is 0 Å². The first-order valence-corrected chi connectivity index (χ1v) is 11.6. The molecular formula is C22H49NO6. The van der Waals surface area contributed by atoms with E-state index in [1.54, 1.807) is 6.92 Å². The molecular weight excluding hydrogens is 374 g/mol. The van der Waals surface area contributed by atoms with Gasteiger partial charge in [-0.2, -0.15) is 0 Å². The Kier molecular flexibility index (Phi) is 25.6. The smallest absolute Gasteiger partial charge is 0.111 e. The third-order valence-corrected chi connectivity index (χ3v) is 4.89. The summed E-state index contributed by atoms with van der Waals surface area (Å²) in [5.41, 5.74) is 0. The maximum Gasteiger partial charge on any atom is 0.111 e. The lowest BCUT2D eigenvalue weighted by Gasteiger charge is -2.25. The van der Waals surface area contributed by atoms with Crippen molar-refractivity contribution >= 4 is 0 Å². The van der Waals surface area contributed by atoms with E-state index in [1.165, 1.54) is 64.2 Å². The van der Waals surface area contributed by atoms with E-state index in [4.69, 9.17) is 10.2 Å². The van der Waals surface area contributed by atoms with Crippen LogP contribution in [0.2, 0.25) is 0 Å². The second-order valence-corrected chi connectivity index (χ2v) is 7.71. The number of hydrogen-bond donors (Lipinski definition) is 7. The molecule has 0 aliphatic carbocycles. The van der Waals surface area contributed by atoms with Crippen LogP contribution in [0.4, 0.5) is 0 Å². The molecule has 0 rings (SSSR count). The predicted octanol–water partition coefficient (Wildman–Crippen LogP) is 1.71. The summed E-state index contributed by atoms with van der Waals surface area (Å²) in [7, 11) is 0. The molecule has 7 nitrogen and oxygen atoms in total. The third-order valence-electron chi connectivity index (χ3n) is 4.89. The second-order valence-electron chi connectivity index (χ2n) is 7.71. The second kappa shape index (κ2) is 24.0. The van der Waals surface area contributed by atoms with Crippen molar-refractivity contribution in [2.24, 2.45) is 0 Å². The maximum absolute atomic E-state index is 9.76. The van der Waals surface area contributed by atoms with E-state index in [9.17, 15) is 20.4 Å². The number of nitrogens with one attached hydrogen (secondary N) is 1. The first kappa shape index (κ1) is 30.9. The SMILES string of the molecule is CCCCCCCCCCCCCCNCC(O)C(O)C(O)C(O)CO.CCO. The molecule has 178 valence electrons. The molecule has 4 unspecified atom stereocenters. The molecule has 0 spiro atoms. The molecule has 0 aromatic heterocycles. The minimum atomic E-state index is -1.55. The van der Waals surface area contributed by atoms with Crippen molar-refractivity contribution < 1.29 is 30.6 Å². The predicted molar refractivity (Wildman–Crippen MR) is 118 cm³/mol. The molecule has 0 fully saturated rings. The van der Waals surface area contributed by atoms with Crippen LogP contribution in [-0.2, 0) is 0 Å². The molecule has 0 aliphatic rings. The number of hydrogen-bond acceptors (Lipinski definition) is 7. The first-order chi connectivity index (χ1) is 14.0. The van der Waals surface area contributed by atoms with Crippen molar-refractivity contribution in [3.63, 3.8) is 0 Å². The largest absolute Gasteiger partial charge is 0.397 e. The normalized spacial score (nSPS) is 15.3. The molecule has 0 amide bonds. The van der Waals surface area contributed by atoms with Crippen molar-refractivity contribution in [3.8, 4) is 0 Å². The Morgan fingerprint density at radius 1 is 0.586 bits per heavy atom. The third kappa shape index (κ3) is 20.8. The summed E-state index contributed by atoms with van der Waals surface area (Å²) in [5, 5.41) is 57.6. The maximum atomic E-state index is 9.76. The lowest BCUT2D eigenvalue weighted by molar-refractivity contribution is -0.113. The van der Waals surface area contributed by atoms with Crippen LogP contribution >= 0.6 is 0 Å². The number of rotatable bonds is 19. The van der Waals surface area contributed by atoms with Gasteiger partial charge in [0.15, 0.2) is 0 Å². The number of unbranched alkanes of at least 4 members (excludes halogenated alkanes) is 11. The number of aliphatic hydroxyl groups excluding tert-OH is 6. The zero-order valence-corrected chi connectivity index (χ0v) is 18.8. The summed E-state index contributed by atoms with van der Waals surface area (Å²) in [5.74, 6) is 0.